The molecule has 17 heavy (non-hydrogen) atoms. The molecule has 0 spiro atoms. The van der Waals surface area contributed by atoms with Gasteiger partial charge in [-0.1, -0.05) is 12.1 Å². The summed E-state index contributed by atoms with van der Waals surface area (Å²) < 4.78 is 13.9. The fraction of sp³-hybridized carbons (Fsp3) is 0.538. The van der Waals surface area contributed by atoms with Crippen molar-refractivity contribution in [1.29, 1.82) is 0 Å². The smallest absolute Gasteiger partial charge is 0.146 e. The Morgan fingerprint density at radius 1 is 1.41 bits per heavy atom. The maximum absolute atomic E-state index is 13.9. The van der Waals surface area contributed by atoms with Crippen LogP contribution in [-0.4, -0.2) is 31.9 Å². The van der Waals surface area contributed by atoms with Crippen LogP contribution in [0, 0.1) is 5.82 Å². The van der Waals surface area contributed by atoms with Crippen molar-refractivity contribution < 1.29 is 9.50 Å². The van der Waals surface area contributed by atoms with E-state index in [9.17, 15) is 4.39 Å². The summed E-state index contributed by atoms with van der Waals surface area (Å²) >= 11 is 0. The highest BCUT2D eigenvalue weighted by Gasteiger charge is 2.19. The van der Waals surface area contributed by atoms with Gasteiger partial charge in [0.2, 0.25) is 0 Å². The standard InChI is InChI=1S/C13H21FN2O/c1-9(8-17)16(4)13-11(10(2)15-3)6-5-7-12(13)14/h5-7,9-10,15,17H,8H2,1-4H3. The molecule has 3 nitrogen and oxygen atoms in total. The second-order valence-corrected chi connectivity index (χ2v) is 4.33. The van der Waals surface area contributed by atoms with E-state index in [0.717, 1.165) is 5.56 Å². The van der Waals surface area contributed by atoms with E-state index < -0.39 is 0 Å². The highest BCUT2D eigenvalue weighted by atomic mass is 19.1. The molecule has 0 amide bonds. The number of rotatable bonds is 5. The maximum atomic E-state index is 13.9. The first-order chi connectivity index (χ1) is 8.02. The number of nitrogens with one attached hydrogen (secondary N) is 1. The summed E-state index contributed by atoms with van der Waals surface area (Å²) in [4.78, 5) is 1.78. The lowest BCUT2D eigenvalue weighted by Gasteiger charge is -2.29. The molecule has 4 heteroatoms. The van der Waals surface area contributed by atoms with E-state index >= 15 is 0 Å². The molecule has 0 heterocycles. The van der Waals surface area contributed by atoms with Gasteiger partial charge >= 0.3 is 0 Å². The Labute approximate surface area is 102 Å². The van der Waals surface area contributed by atoms with Gasteiger partial charge < -0.3 is 15.3 Å². The molecule has 0 radical (unpaired) electrons. The number of halogens is 1. The summed E-state index contributed by atoms with van der Waals surface area (Å²) in [5.41, 5.74) is 1.45. The molecule has 2 atom stereocenters. The number of para-hydroxylation sites is 1. The van der Waals surface area contributed by atoms with Crippen LogP contribution >= 0.6 is 0 Å². The van der Waals surface area contributed by atoms with Crippen LogP contribution in [0.5, 0.6) is 0 Å². The third-order valence-corrected chi connectivity index (χ3v) is 3.20. The summed E-state index contributed by atoms with van der Waals surface area (Å²) in [6.45, 7) is 3.84. The van der Waals surface area contributed by atoms with Crippen molar-refractivity contribution in [3.63, 3.8) is 0 Å². The van der Waals surface area contributed by atoms with Crippen LogP contribution in [0.25, 0.3) is 0 Å². The molecular weight excluding hydrogens is 219 g/mol. The summed E-state index contributed by atoms with van der Waals surface area (Å²) in [6, 6.07) is 5.00. The maximum Gasteiger partial charge on any atom is 0.146 e. The number of hydrogen-bond donors (Lipinski definition) is 2. The molecule has 0 aliphatic heterocycles. The summed E-state index contributed by atoms with van der Waals surface area (Å²) in [6.07, 6.45) is 0. The van der Waals surface area contributed by atoms with Crippen LogP contribution in [0.2, 0.25) is 0 Å². The largest absolute Gasteiger partial charge is 0.394 e. The van der Waals surface area contributed by atoms with E-state index in [4.69, 9.17) is 5.11 Å². The van der Waals surface area contributed by atoms with Gasteiger partial charge in [0.15, 0.2) is 0 Å². The van der Waals surface area contributed by atoms with Crippen molar-refractivity contribution in [2.45, 2.75) is 25.9 Å². The summed E-state index contributed by atoms with van der Waals surface area (Å²) in [5.74, 6) is -0.257. The highest BCUT2D eigenvalue weighted by molar-refractivity contribution is 5.56. The number of nitrogens with zero attached hydrogens (tertiary/aromatic N) is 1. The Morgan fingerprint density at radius 2 is 2.06 bits per heavy atom. The average molecular weight is 240 g/mol. The van der Waals surface area contributed by atoms with Gasteiger partial charge in [-0.25, -0.2) is 4.39 Å². The van der Waals surface area contributed by atoms with Crippen molar-refractivity contribution in [2.24, 2.45) is 0 Å². The van der Waals surface area contributed by atoms with Crippen LogP contribution in [0.4, 0.5) is 10.1 Å². The molecule has 0 saturated carbocycles. The van der Waals surface area contributed by atoms with E-state index in [1.807, 2.05) is 27.0 Å². The first-order valence-corrected chi connectivity index (χ1v) is 5.82. The predicted molar refractivity (Wildman–Crippen MR) is 68.8 cm³/mol. The van der Waals surface area contributed by atoms with Crippen molar-refractivity contribution >= 4 is 5.69 Å². The molecule has 1 aromatic carbocycles. The topological polar surface area (TPSA) is 35.5 Å². The minimum absolute atomic E-state index is 0.00178. The molecule has 0 aliphatic rings. The minimum atomic E-state index is -0.257. The molecule has 0 saturated heterocycles. The number of aliphatic hydroxyl groups is 1. The average Bonchev–Trinajstić information content (AvgIpc) is 2.35. The summed E-state index contributed by atoms with van der Waals surface area (Å²) in [7, 11) is 3.64. The Bertz CT molecular complexity index is 370. The van der Waals surface area contributed by atoms with Crippen LogP contribution < -0.4 is 10.2 Å². The normalized spacial score (nSPS) is 14.5. The Kier molecular flexibility index (Phi) is 4.90. The lowest BCUT2D eigenvalue weighted by atomic mass is 10.0. The highest BCUT2D eigenvalue weighted by Crippen LogP contribution is 2.29. The minimum Gasteiger partial charge on any atom is -0.394 e. The van der Waals surface area contributed by atoms with Gasteiger partial charge in [0, 0.05) is 19.1 Å². The third kappa shape index (κ3) is 2.96. The zero-order valence-corrected chi connectivity index (χ0v) is 10.9. The number of likely N-dealkylation sites (N-methyl/N-ethyl adjacent to an activating group) is 1. The first-order valence-electron chi connectivity index (χ1n) is 5.82. The lowest BCUT2D eigenvalue weighted by Crippen LogP contribution is -2.34. The monoisotopic (exact) mass is 240 g/mol. The molecule has 1 aromatic rings. The molecule has 0 aliphatic carbocycles. The van der Waals surface area contributed by atoms with E-state index in [1.165, 1.54) is 6.07 Å². The molecule has 0 bridgehead atoms. The van der Waals surface area contributed by atoms with Crippen molar-refractivity contribution in [2.75, 3.05) is 25.6 Å². The Morgan fingerprint density at radius 3 is 2.59 bits per heavy atom. The predicted octanol–water partition coefficient (Wildman–Crippen LogP) is 1.92. The molecule has 0 aromatic heterocycles. The van der Waals surface area contributed by atoms with Gasteiger partial charge in [-0.05, 0) is 32.5 Å². The van der Waals surface area contributed by atoms with Crippen molar-refractivity contribution in [3.8, 4) is 0 Å². The third-order valence-electron chi connectivity index (χ3n) is 3.20. The van der Waals surface area contributed by atoms with E-state index in [-0.39, 0.29) is 24.5 Å². The van der Waals surface area contributed by atoms with Crippen molar-refractivity contribution in [1.82, 2.24) is 5.32 Å². The Hall–Kier alpha value is -1.13. The van der Waals surface area contributed by atoms with Crippen LogP contribution in [0.15, 0.2) is 18.2 Å². The second kappa shape index (κ2) is 5.98. The molecular formula is C13H21FN2O. The van der Waals surface area contributed by atoms with Gasteiger partial charge in [0.25, 0.3) is 0 Å². The lowest BCUT2D eigenvalue weighted by molar-refractivity contribution is 0.269. The van der Waals surface area contributed by atoms with Gasteiger partial charge in [0.05, 0.1) is 12.3 Å². The van der Waals surface area contributed by atoms with Crippen LogP contribution in [-0.2, 0) is 0 Å². The molecule has 2 N–H and O–H groups in total. The van der Waals surface area contributed by atoms with E-state index in [2.05, 4.69) is 5.32 Å². The Balaban J connectivity index is 3.20. The zero-order valence-electron chi connectivity index (χ0n) is 10.9. The first kappa shape index (κ1) is 13.9. The molecule has 0 fully saturated rings. The fourth-order valence-electron chi connectivity index (χ4n) is 1.75. The number of anilines is 1. The van der Waals surface area contributed by atoms with E-state index in [1.54, 1.807) is 18.0 Å². The second-order valence-electron chi connectivity index (χ2n) is 4.33. The molecule has 96 valence electrons. The van der Waals surface area contributed by atoms with Gasteiger partial charge in [-0.2, -0.15) is 0 Å². The van der Waals surface area contributed by atoms with Gasteiger partial charge in [-0.15, -0.1) is 0 Å². The van der Waals surface area contributed by atoms with Gasteiger partial charge in [-0.3, -0.25) is 0 Å². The molecule has 1 rings (SSSR count). The number of hydrogen-bond acceptors (Lipinski definition) is 3. The zero-order chi connectivity index (χ0) is 13.0. The van der Waals surface area contributed by atoms with Gasteiger partial charge in [0.1, 0.15) is 5.82 Å². The number of aliphatic hydroxyl groups excluding tert-OH is 1. The van der Waals surface area contributed by atoms with Crippen LogP contribution in [0.3, 0.4) is 0 Å². The molecule has 2 unspecified atom stereocenters. The SMILES string of the molecule is CNC(C)c1cccc(F)c1N(C)C(C)CO. The summed E-state index contributed by atoms with van der Waals surface area (Å²) in [5, 5.41) is 12.3. The number of benzene rings is 1. The fourth-order valence-corrected chi connectivity index (χ4v) is 1.75. The van der Waals surface area contributed by atoms with E-state index in [0.29, 0.717) is 5.69 Å². The quantitative estimate of drug-likeness (QED) is 0.825. The van der Waals surface area contributed by atoms with Crippen molar-refractivity contribution in [3.05, 3.63) is 29.6 Å². The van der Waals surface area contributed by atoms with Crippen LogP contribution in [0.1, 0.15) is 25.5 Å².